The topological polar surface area (TPSA) is 52.1 Å². The van der Waals surface area contributed by atoms with Gasteiger partial charge in [0.2, 0.25) is 5.70 Å². The van der Waals surface area contributed by atoms with Crippen LogP contribution in [0.15, 0.2) is 36.2 Å². The number of aryl methyl sites for hydroxylation is 1. The van der Waals surface area contributed by atoms with Crippen LogP contribution in [-0.4, -0.2) is 20.5 Å². The van der Waals surface area contributed by atoms with E-state index in [9.17, 15) is 4.79 Å². The van der Waals surface area contributed by atoms with Gasteiger partial charge in [0.1, 0.15) is 0 Å². The van der Waals surface area contributed by atoms with Crippen LogP contribution in [0.2, 0.25) is 0 Å². The molecule has 5 heteroatoms. The molecule has 2 aliphatic carbocycles. The van der Waals surface area contributed by atoms with Gasteiger partial charge in [0.25, 0.3) is 0 Å². The summed E-state index contributed by atoms with van der Waals surface area (Å²) in [4.78, 5) is 20.4. The normalized spacial score (nSPS) is 27.9. The Morgan fingerprint density at radius 2 is 2.20 bits per heavy atom. The van der Waals surface area contributed by atoms with Crippen molar-refractivity contribution in [3.63, 3.8) is 0 Å². The van der Waals surface area contributed by atoms with Gasteiger partial charge in [-0.05, 0) is 30.9 Å². The summed E-state index contributed by atoms with van der Waals surface area (Å²) in [6.07, 6.45) is 5.46. The number of nitrogens with zero attached hydrogens (tertiary/aromatic N) is 4. The molecule has 0 bridgehead atoms. The average Bonchev–Trinajstić information content (AvgIpc) is 2.96. The fourth-order valence-corrected chi connectivity index (χ4v) is 4.64. The molecule has 0 fully saturated rings. The Labute approximate surface area is 147 Å². The SMILES string of the molecule is [C-]#[N+]C1=C[C@]2(C)c3nn(C)c(-c4ccccn4)c3CC[C@H]2[C@H](C)C1=O. The van der Waals surface area contributed by atoms with Crippen LogP contribution in [0.25, 0.3) is 16.2 Å². The molecule has 0 aromatic carbocycles. The highest BCUT2D eigenvalue weighted by Gasteiger charge is 2.50. The van der Waals surface area contributed by atoms with Crippen LogP contribution in [0.5, 0.6) is 0 Å². The maximum absolute atomic E-state index is 12.4. The molecule has 2 heterocycles. The fraction of sp³-hybridized carbons (Fsp3) is 0.400. The van der Waals surface area contributed by atoms with Gasteiger partial charge in [-0.15, -0.1) is 0 Å². The number of carbonyl (C=O) groups is 1. The molecule has 2 aliphatic rings. The molecule has 0 unspecified atom stereocenters. The minimum atomic E-state index is -0.383. The molecular weight excluding hydrogens is 312 g/mol. The van der Waals surface area contributed by atoms with Crippen LogP contribution in [0, 0.1) is 18.4 Å². The number of hydrogen-bond donors (Lipinski definition) is 0. The van der Waals surface area contributed by atoms with Crippen molar-refractivity contribution in [3.05, 3.63) is 58.8 Å². The maximum Gasteiger partial charge on any atom is 0.226 e. The van der Waals surface area contributed by atoms with E-state index >= 15 is 0 Å². The van der Waals surface area contributed by atoms with Crippen molar-refractivity contribution in [2.45, 2.75) is 32.1 Å². The van der Waals surface area contributed by atoms with E-state index in [2.05, 4.69) is 16.8 Å². The number of carbonyl (C=O) groups excluding carboxylic acids is 1. The first kappa shape index (κ1) is 15.8. The van der Waals surface area contributed by atoms with Gasteiger partial charge in [-0.3, -0.25) is 9.67 Å². The maximum atomic E-state index is 12.4. The first-order valence-corrected chi connectivity index (χ1v) is 8.59. The summed E-state index contributed by atoms with van der Waals surface area (Å²) in [6, 6.07) is 5.88. The van der Waals surface area contributed by atoms with Crippen LogP contribution in [0.1, 0.15) is 31.5 Å². The number of hydrogen-bond acceptors (Lipinski definition) is 3. The second-order valence-corrected chi connectivity index (χ2v) is 7.24. The van der Waals surface area contributed by atoms with Crippen LogP contribution >= 0.6 is 0 Å². The van der Waals surface area contributed by atoms with Gasteiger partial charge < -0.3 is 4.79 Å². The van der Waals surface area contributed by atoms with Crippen molar-refractivity contribution >= 4 is 5.78 Å². The van der Waals surface area contributed by atoms with Crippen molar-refractivity contribution in [1.82, 2.24) is 14.8 Å². The molecule has 0 saturated carbocycles. The number of rotatable bonds is 1. The molecule has 126 valence electrons. The lowest BCUT2D eigenvalue weighted by Gasteiger charge is -2.44. The Morgan fingerprint density at radius 1 is 1.40 bits per heavy atom. The van der Waals surface area contributed by atoms with Crippen molar-refractivity contribution in [2.24, 2.45) is 18.9 Å². The Hall–Kier alpha value is -2.74. The monoisotopic (exact) mass is 332 g/mol. The Morgan fingerprint density at radius 3 is 2.88 bits per heavy atom. The zero-order valence-electron chi connectivity index (χ0n) is 14.7. The highest BCUT2D eigenvalue weighted by molar-refractivity contribution is 6.00. The van der Waals surface area contributed by atoms with Crippen LogP contribution in [-0.2, 0) is 23.7 Å². The van der Waals surface area contributed by atoms with Gasteiger partial charge in [0.15, 0.2) is 5.78 Å². The summed E-state index contributed by atoms with van der Waals surface area (Å²) in [5.74, 6) is 0.0128. The van der Waals surface area contributed by atoms with Crippen molar-refractivity contribution in [1.29, 1.82) is 0 Å². The Balaban J connectivity index is 1.94. The van der Waals surface area contributed by atoms with Crippen molar-refractivity contribution in [3.8, 4) is 11.4 Å². The van der Waals surface area contributed by atoms with E-state index in [0.29, 0.717) is 0 Å². The first-order valence-electron chi connectivity index (χ1n) is 8.59. The average molecular weight is 332 g/mol. The van der Waals surface area contributed by atoms with Crippen LogP contribution in [0.3, 0.4) is 0 Å². The molecule has 0 amide bonds. The molecular formula is C20H20N4O. The Kier molecular flexibility index (Phi) is 3.40. The summed E-state index contributed by atoms with van der Waals surface area (Å²) in [7, 11) is 1.94. The second kappa shape index (κ2) is 5.38. The molecule has 0 spiro atoms. The zero-order valence-corrected chi connectivity index (χ0v) is 14.7. The van der Waals surface area contributed by atoms with Gasteiger partial charge in [-0.2, -0.15) is 5.10 Å². The predicted octanol–water partition coefficient (Wildman–Crippen LogP) is 3.32. The minimum absolute atomic E-state index is 0.0261. The third-order valence-electron chi connectivity index (χ3n) is 5.87. The lowest BCUT2D eigenvalue weighted by molar-refractivity contribution is -0.121. The van der Waals surface area contributed by atoms with E-state index in [4.69, 9.17) is 11.7 Å². The van der Waals surface area contributed by atoms with Gasteiger partial charge in [0, 0.05) is 30.1 Å². The lowest BCUT2D eigenvalue weighted by Crippen LogP contribution is -2.45. The fourth-order valence-electron chi connectivity index (χ4n) is 4.64. The van der Waals surface area contributed by atoms with E-state index in [1.54, 1.807) is 6.20 Å². The van der Waals surface area contributed by atoms with Gasteiger partial charge in [-0.1, -0.05) is 26.0 Å². The second-order valence-electron chi connectivity index (χ2n) is 7.24. The predicted molar refractivity (Wildman–Crippen MR) is 94.5 cm³/mol. The summed E-state index contributed by atoms with van der Waals surface area (Å²) >= 11 is 0. The molecule has 5 nitrogen and oxygen atoms in total. The first-order chi connectivity index (χ1) is 12.0. The summed E-state index contributed by atoms with van der Waals surface area (Å²) in [5.41, 5.74) is 4.01. The molecule has 3 atom stereocenters. The van der Waals surface area contributed by atoms with Crippen LogP contribution < -0.4 is 0 Å². The van der Waals surface area contributed by atoms with Crippen molar-refractivity contribution < 1.29 is 4.79 Å². The minimum Gasteiger partial charge on any atom is -0.308 e. The summed E-state index contributed by atoms with van der Waals surface area (Å²) < 4.78 is 1.90. The number of fused-ring (bicyclic) bond motifs is 3. The van der Waals surface area contributed by atoms with Crippen LogP contribution in [0.4, 0.5) is 0 Å². The summed E-state index contributed by atoms with van der Waals surface area (Å²) in [6.45, 7) is 11.5. The third kappa shape index (κ3) is 2.10. The highest BCUT2D eigenvalue weighted by Crippen LogP contribution is 2.51. The van der Waals surface area contributed by atoms with E-state index in [1.165, 1.54) is 5.56 Å². The molecule has 0 N–H and O–H groups in total. The zero-order chi connectivity index (χ0) is 17.8. The molecule has 2 aromatic rings. The van der Waals surface area contributed by atoms with E-state index < -0.39 is 0 Å². The smallest absolute Gasteiger partial charge is 0.226 e. The standard InChI is InChI=1S/C20H20N4O/c1-12-14-9-8-13-17(15-7-5-6-10-22-15)24(4)23-19(13)20(14,2)11-16(21-3)18(12)25/h5-7,10-12,14H,8-9H2,1-2,4H3/t12-,14-,20-/m0/s1. The van der Waals surface area contributed by atoms with Gasteiger partial charge >= 0.3 is 0 Å². The number of ketones is 1. The molecule has 25 heavy (non-hydrogen) atoms. The quantitative estimate of drug-likeness (QED) is 0.753. The van der Waals surface area contributed by atoms with E-state index in [1.807, 2.05) is 42.9 Å². The highest BCUT2D eigenvalue weighted by atomic mass is 16.1. The molecule has 4 rings (SSSR count). The lowest BCUT2D eigenvalue weighted by atomic mass is 9.58. The Bertz CT molecular complexity index is 935. The van der Waals surface area contributed by atoms with E-state index in [-0.39, 0.29) is 28.7 Å². The number of allylic oxidation sites excluding steroid dienone is 2. The molecule has 0 saturated heterocycles. The molecule has 0 radical (unpaired) electrons. The third-order valence-corrected chi connectivity index (χ3v) is 5.87. The van der Waals surface area contributed by atoms with Crippen molar-refractivity contribution in [2.75, 3.05) is 0 Å². The van der Waals surface area contributed by atoms with Gasteiger partial charge in [-0.25, -0.2) is 4.85 Å². The van der Waals surface area contributed by atoms with Gasteiger partial charge in [0.05, 0.1) is 23.7 Å². The largest absolute Gasteiger partial charge is 0.308 e. The molecule has 2 aromatic heterocycles. The van der Waals surface area contributed by atoms with E-state index in [0.717, 1.165) is 29.9 Å². The number of pyridine rings is 1. The number of aromatic nitrogens is 3. The number of Topliss-reactive ketones (excluding diaryl/α,β-unsaturated/α-hetero) is 1. The molecule has 0 aliphatic heterocycles. The summed E-state index contributed by atoms with van der Waals surface area (Å²) in [5, 5.41) is 4.83.